The van der Waals surface area contributed by atoms with Crippen LogP contribution in [-0.2, 0) is 4.79 Å². The molecule has 12 heavy (non-hydrogen) atoms. The maximum atomic E-state index is 10.1. The minimum absolute atomic E-state index is 0. The fraction of sp³-hybridized carbons (Fsp3) is 0.875. The quantitative estimate of drug-likeness (QED) is 0.562. The Labute approximate surface area is 124 Å². The molecule has 0 fully saturated rings. The minimum Gasteiger partial charge on any atom is -1.00 e. The van der Waals surface area contributed by atoms with Gasteiger partial charge in [-0.1, -0.05) is 13.3 Å². The van der Waals surface area contributed by atoms with Gasteiger partial charge in [0.15, 0.2) is 0 Å². The molecule has 3 nitrogen and oxygen atoms in total. The molecule has 0 heterocycles. The van der Waals surface area contributed by atoms with Gasteiger partial charge >= 0.3 is 64.2 Å². The molecule has 0 aromatic heterocycles. The average molecular weight is 247 g/mol. The maximum Gasteiger partial charge on any atom is 1.00 e. The Morgan fingerprint density at radius 3 is 2.50 bits per heavy atom. The van der Waals surface area contributed by atoms with Gasteiger partial charge in [-0.15, -0.1) is 0 Å². The van der Waals surface area contributed by atoms with Crippen LogP contribution in [0.2, 0.25) is 0 Å². The smallest absolute Gasteiger partial charge is 1.00 e. The summed E-state index contributed by atoms with van der Waals surface area (Å²) in [5.41, 5.74) is 0. The van der Waals surface area contributed by atoms with E-state index in [9.17, 15) is 4.79 Å². The number of aliphatic carboxylic acids is 1. The largest absolute Gasteiger partial charge is 1.00 e. The molecule has 0 radical (unpaired) electrons. The van der Waals surface area contributed by atoms with E-state index in [4.69, 9.17) is 10.2 Å². The third kappa shape index (κ3) is 11.2. The van der Waals surface area contributed by atoms with E-state index in [1.54, 1.807) is 0 Å². The van der Waals surface area contributed by atoms with E-state index in [1.165, 1.54) is 0 Å². The van der Waals surface area contributed by atoms with Crippen LogP contribution in [0.4, 0.5) is 0 Å². The SMILES string of the molecule is CCC(O)CCCCC(=O)O.[H-].[Rb+]. The van der Waals surface area contributed by atoms with Gasteiger partial charge in [-0.2, -0.15) is 0 Å². The summed E-state index contributed by atoms with van der Waals surface area (Å²) in [6, 6.07) is 0. The predicted octanol–water partition coefficient (Wildman–Crippen LogP) is -1.48. The first-order chi connectivity index (χ1) is 5.16. The molecule has 2 N–H and O–H groups in total. The van der Waals surface area contributed by atoms with Crippen molar-refractivity contribution in [1.29, 1.82) is 0 Å². The maximum absolute atomic E-state index is 10.1. The van der Waals surface area contributed by atoms with Gasteiger partial charge in [0.25, 0.3) is 0 Å². The molecule has 0 saturated carbocycles. The number of unbranched alkanes of at least 4 members (excludes halogenated alkanes) is 1. The van der Waals surface area contributed by atoms with Crippen LogP contribution >= 0.6 is 0 Å². The number of aliphatic hydroxyl groups is 1. The number of hydrogen-bond donors (Lipinski definition) is 2. The fourth-order valence-corrected chi connectivity index (χ4v) is 0.860. The molecular formula is C8H17O3Rb. The number of carbonyl (C=O) groups is 1. The Balaban J connectivity index is -0.000000500. The topological polar surface area (TPSA) is 57.5 Å². The van der Waals surface area contributed by atoms with Crippen LogP contribution < -0.4 is 58.2 Å². The zero-order valence-corrected chi connectivity index (χ0v) is 12.8. The molecule has 1 unspecified atom stereocenters. The zero-order chi connectivity index (χ0) is 8.69. The number of hydrogen-bond acceptors (Lipinski definition) is 2. The van der Waals surface area contributed by atoms with Gasteiger partial charge < -0.3 is 11.6 Å². The Morgan fingerprint density at radius 1 is 1.50 bits per heavy atom. The van der Waals surface area contributed by atoms with E-state index in [0.29, 0.717) is 6.42 Å². The van der Waals surface area contributed by atoms with Crippen molar-refractivity contribution in [2.45, 2.75) is 45.1 Å². The molecule has 1 atom stereocenters. The van der Waals surface area contributed by atoms with Crippen molar-refractivity contribution in [3.8, 4) is 0 Å². The van der Waals surface area contributed by atoms with Gasteiger partial charge in [-0.25, -0.2) is 0 Å². The second-order valence-electron chi connectivity index (χ2n) is 2.70. The molecule has 68 valence electrons. The van der Waals surface area contributed by atoms with Crippen LogP contribution in [-0.4, -0.2) is 22.3 Å². The average Bonchev–Trinajstić information content (AvgIpc) is 1.97. The number of aliphatic hydroxyl groups excluding tert-OH is 1. The number of carboxylic acid groups (broad SMARTS) is 1. The van der Waals surface area contributed by atoms with Gasteiger partial charge in [0, 0.05) is 6.42 Å². The molecule has 0 aromatic carbocycles. The summed E-state index contributed by atoms with van der Waals surface area (Å²) in [5.74, 6) is -0.754. The molecule has 0 aliphatic carbocycles. The summed E-state index contributed by atoms with van der Waals surface area (Å²) in [7, 11) is 0. The molecule has 4 heteroatoms. The van der Waals surface area contributed by atoms with Crippen molar-refractivity contribution in [2.75, 3.05) is 0 Å². The third-order valence-corrected chi connectivity index (χ3v) is 1.65. The van der Waals surface area contributed by atoms with E-state index >= 15 is 0 Å². The van der Waals surface area contributed by atoms with Gasteiger partial charge in [-0.3, -0.25) is 4.79 Å². The molecule has 0 rings (SSSR count). The second-order valence-corrected chi connectivity index (χ2v) is 2.70. The Morgan fingerprint density at radius 2 is 2.08 bits per heavy atom. The van der Waals surface area contributed by atoms with Gasteiger partial charge in [-0.05, 0) is 19.3 Å². The van der Waals surface area contributed by atoms with Crippen molar-refractivity contribution in [3.05, 3.63) is 0 Å². The summed E-state index contributed by atoms with van der Waals surface area (Å²) in [5, 5.41) is 17.3. The molecule has 0 aliphatic heterocycles. The van der Waals surface area contributed by atoms with Crippen LogP contribution in [0.1, 0.15) is 40.5 Å². The van der Waals surface area contributed by atoms with Gasteiger partial charge in [0.1, 0.15) is 0 Å². The molecular weight excluding hydrogens is 230 g/mol. The first kappa shape index (κ1) is 15.7. The van der Waals surface area contributed by atoms with Crippen molar-refractivity contribution in [2.24, 2.45) is 0 Å². The summed E-state index contributed by atoms with van der Waals surface area (Å²) in [6.07, 6.45) is 2.94. The summed E-state index contributed by atoms with van der Waals surface area (Å²) in [4.78, 5) is 10.1. The van der Waals surface area contributed by atoms with E-state index in [-0.39, 0.29) is 72.1 Å². The predicted molar refractivity (Wildman–Crippen MR) is 43.5 cm³/mol. The first-order valence-corrected chi connectivity index (χ1v) is 4.06. The number of rotatable bonds is 6. The van der Waals surface area contributed by atoms with E-state index in [2.05, 4.69) is 0 Å². The monoisotopic (exact) mass is 246 g/mol. The van der Waals surface area contributed by atoms with Crippen molar-refractivity contribution in [3.63, 3.8) is 0 Å². The van der Waals surface area contributed by atoms with E-state index in [1.807, 2.05) is 6.92 Å². The van der Waals surface area contributed by atoms with Crippen LogP contribution in [0.25, 0.3) is 0 Å². The minimum atomic E-state index is -0.754. The zero-order valence-electron chi connectivity index (χ0n) is 8.92. The van der Waals surface area contributed by atoms with Crippen LogP contribution in [0.5, 0.6) is 0 Å². The van der Waals surface area contributed by atoms with Crippen molar-refractivity contribution >= 4 is 5.97 Å². The Kier molecular flexibility index (Phi) is 13.5. The standard InChI is InChI=1S/C8H16O3.Rb.H/c1-2-7(9)5-3-4-6-8(10)11;;/h7,9H,2-6H2,1H3,(H,10,11);;/q;+1;-1. The normalized spacial score (nSPS) is 11.8. The second kappa shape index (κ2) is 10.3. The molecule has 0 saturated heterocycles. The Bertz CT molecular complexity index is 122. The van der Waals surface area contributed by atoms with E-state index in [0.717, 1.165) is 19.3 Å². The van der Waals surface area contributed by atoms with E-state index < -0.39 is 5.97 Å². The molecule has 0 aliphatic rings. The van der Waals surface area contributed by atoms with Gasteiger partial charge in [0.2, 0.25) is 0 Å². The number of carboxylic acids is 1. The molecule has 0 aromatic rings. The summed E-state index contributed by atoms with van der Waals surface area (Å²) >= 11 is 0. The van der Waals surface area contributed by atoms with Crippen molar-refractivity contribution in [1.82, 2.24) is 0 Å². The fourth-order valence-electron chi connectivity index (χ4n) is 0.860. The van der Waals surface area contributed by atoms with Crippen molar-refractivity contribution < 1.29 is 74.6 Å². The summed E-state index contributed by atoms with van der Waals surface area (Å²) < 4.78 is 0. The molecule has 0 spiro atoms. The van der Waals surface area contributed by atoms with Crippen LogP contribution in [0.15, 0.2) is 0 Å². The summed E-state index contributed by atoms with van der Waals surface area (Å²) in [6.45, 7) is 1.92. The molecule has 0 bridgehead atoms. The van der Waals surface area contributed by atoms with Gasteiger partial charge in [0.05, 0.1) is 6.10 Å². The Hall–Kier alpha value is 1.24. The molecule has 0 amide bonds. The van der Waals surface area contributed by atoms with Crippen LogP contribution in [0, 0.1) is 0 Å². The third-order valence-electron chi connectivity index (χ3n) is 1.65. The first-order valence-electron chi connectivity index (χ1n) is 4.06. The van der Waals surface area contributed by atoms with Crippen LogP contribution in [0.3, 0.4) is 0 Å².